The first kappa shape index (κ1) is 19.6. The molecule has 0 aliphatic heterocycles. The molecule has 3 rings (SSSR count). The van der Waals surface area contributed by atoms with Crippen molar-refractivity contribution in [1.82, 2.24) is 15.3 Å². The quantitative estimate of drug-likeness (QED) is 0.644. The van der Waals surface area contributed by atoms with E-state index >= 15 is 0 Å². The second kappa shape index (κ2) is 8.71. The number of hydrogen-bond donors (Lipinski definition) is 2. The molecule has 1 heterocycles. The molecule has 0 spiro atoms. The summed E-state index contributed by atoms with van der Waals surface area (Å²) in [6, 6.07) is 14.8. The molecule has 1 amide bonds. The summed E-state index contributed by atoms with van der Waals surface area (Å²) in [6.07, 6.45) is 0. The van der Waals surface area contributed by atoms with Crippen molar-refractivity contribution in [2.75, 3.05) is 12.4 Å². The Morgan fingerprint density at radius 2 is 1.89 bits per heavy atom. The summed E-state index contributed by atoms with van der Waals surface area (Å²) in [6.45, 7) is 4.04. The van der Waals surface area contributed by atoms with Crippen LogP contribution in [0.2, 0.25) is 5.02 Å². The molecule has 0 saturated heterocycles. The lowest BCUT2D eigenvalue weighted by molar-refractivity contribution is 0.0945. The van der Waals surface area contributed by atoms with Gasteiger partial charge in [0, 0.05) is 17.6 Å². The Bertz CT molecular complexity index is 1010. The van der Waals surface area contributed by atoms with Gasteiger partial charge in [0.25, 0.3) is 5.91 Å². The zero-order valence-corrected chi connectivity index (χ0v) is 16.7. The SMILES string of the molecule is COc1ccc(C)cc1Nc1cc(C(=O)NCc2ccccc2Cl)nc(C)n1. The number of carbonyl (C=O) groups is 1. The Balaban J connectivity index is 1.78. The van der Waals surface area contributed by atoms with E-state index in [0.717, 1.165) is 16.8 Å². The van der Waals surface area contributed by atoms with Gasteiger partial charge in [0.1, 0.15) is 23.1 Å². The van der Waals surface area contributed by atoms with Gasteiger partial charge in [-0.05, 0) is 43.2 Å². The van der Waals surface area contributed by atoms with Crippen LogP contribution in [-0.4, -0.2) is 23.0 Å². The predicted octanol–water partition coefficient (Wildman–Crippen LogP) is 4.43. The minimum absolute atomic E-state index is 0.272. The van der Waals surface area contributed by atoms with E-state index in [1.54, 1.807) is 26.2 Å². The lowest BCUT2D eigenvalue weighted by atomic mass is 10.2. The van der Waals surface area contributed by atoms with Crippen LogP contribution in [0.25, 0.3) is 0 Å². The van der Waals surface area contributed by atoms with Crippen molar-refractivity contribution in [2.45, 2.75) is 20.4 Å². The lowest BCUT2D eigenvalue weighted by Gasteiger charge is -2.13. The van der Waals surface area contributed by atoms with Crippen LogP contribution >= 0.6 is 11.6 Å². The molecule has 3 aromatic rings. The maximum Gasteiger partial charge on any atom is 0.270 e. The summed E-state index contributed by atoms with van der Waals surface area (Å²) in [5.74, 6) is 1.38. The fourth-order valence-electron chi connectivity index (χ4n) is 2.71. The number of halogens is 1. The molecule has 0 radical (unpaired) electrons. The van der Waals surface area contributed by atoms with Crippen molar-refractivity contribution in [3.63, 3.8) is 0 Å². The number of nitrogens with zero attached hydrogens (tertiary/aromatic N) is 2. The van der Waals surface area contributed by atoms with Crippen LogP contribution in [0.5, 0.6) is 5.75 Å². The summed E-state index contributed by atoms with van der Waals surface area (Å²) in [7, 11) is 1.61. The molecule has 2 aromatic carbocycles. The number of carbonyl (C=O) groups excluding carboxylic acids is 1. The number of aromatic nitrogens is 2. The summed E-state index contributed by atoms with van der Waals surface area (Å²) < 4.78 is 5.38. The number of amides is 1. The summed E-state index contributed by atoms with van der Waals surface area (Å²) in [4.78, 5) is 21.2. The van der Waals surface area contributed by atoms with E-state index in [4.69, 9.17) is 16.3 Å². The molecule has 6 nitrogen and oxygen atoms in total. The minimum atomic E-state index is -0.301. The van der Waals surface area contributed by atoms with Gasteiger partial charge in [-0.15, -0.1) is 0 Å². The van der Waals surface area contributed by atoms with E-state index in [1.807, 2.05) is 43.3 Å². The highest BCUT2D eigenvalue weighted by molar-refractivity contribution is 6.31. The third-order valence-electron chi connectivity index (χ3n) is 4.09. The van der Waals surface area contributed by atoms with Crippen molar-refractivity contribution in [2.24, 2.45) is 0 Å². The normalized spacial score (nSPS) is 10.4. The molecule has 7 heteroatoms. The molecule has 0 aliphatic carbocycles. The molecule has 0 saturated carbocycles. The molecule has 0 aliphatic rings. The van der Waals surface area contributed by atoms with E-state index < -0.39 is 0 Å². The fourth-order valence-corrected chi connectivity index (χ4v) is 2.92. The van der Waals surface area contributed by atoms with E-state index in [9.17, 15) is 4.79 Å². The lowest BCUT2D eigenvalue weighted by Crippen LogP contribution is -2.24. The highest BCUT2D eigenvalue weighted by Crippen LogP contribution is 2.28. The predicted molar refractivity (Wildman–Crippen MR) is 110 cm³/mol. The first-order valence-electron chi connectivity index (χ1n) is 8.75. The average Bonchev–Trinajstić information content (AvgIpc) is 2.67. The molecule has 0 bridgehead atoms. The average molecular weight is 397 g/mol. The molecule has 2 N–H and O–H groups in total. The van der Waals surface area contributed by atoms with E-state index in [0.29, 0.717) is 29.0 Å². The number of rotatable bonds is 6. The molecule has 0 atom stereocenters. The summed E-state index contributed by atoms with van der Waals surface area (Å²) >= 11 is 6.14. The van der Waals surface area contributed by atoms with Crippen LogP contribution in [0.3, 0.4) is 0 Å². The van der Waals surface area contributed by atoms with Crippen molar-refractivity contribution >= 4 is 29.0 Å². The van der Waals surface area contributed by atoms with Gasteiger partial charge < -0.3 is 15.4 Å². The van der Waals surface area contributed by atoms with Gasteiger partial charge in [-0.3, -0.25) is 4.79 Å². The van der Waals surface area contributed by atoms with Crippen LogP contribution in [-0.2, 0) is 6.54 Å². The van der Waals surface area contributed by atoms with Gasteiger partial charge in [0.15, 0.2) is 0 Å². The molecule has 144 valence electrons. The number of nitrogens with one attached hydrogen (secondary N) is 2. The summed E-state index contributed by atoms with van der Waals surface area (Å²) in [5.41, 5.74) is 2.95. The highest BCUT2D eigenvalue weighted by Gasteiger charge is 2.12. The second-order valence-electron chi connectivity index (χ2n) is 6.29. The van der Waals surface area contributed by atoms with Crippen LogP contribution in [0.1, 0.15) is 27.4 Å². The Kier molecular flexibility index (Phi) is 6.11. The molecular weight excluding hydrogens is 376 g/mol. The Hall–Kier alpha value is -3.12. The van der Waals surface area contributed by atoms with Crippen LogP contribution < -0.4 is 15.4 Å². The zero-order chi connectivity index (χ0) is 20.1. The molecular formula is C21H21ClN4O2. The first-order valence-corrected chi connectivity index (χ1v) is 9.13. The third kappa shape index (κ3) is 4.78. The van der Waals surface area contributed by atoms with Crippen molar-refractivity contribution in [3.8, 4) is 5.75 Å². The molecule has 1 aromatic heterocycles. The van der Waals surface area contributed by atoms with Gasteiger partial charge in [-0.25, -0.2) is 9.97 Å². The zero-order valence-electron chi connectivity index (χ0n) is 15.9. The topological polar surface area (TPSA) is 76.1 Å². The number of benzene rings is 2. The molecule has 0 unspecified atom stereocenters. The Morgan fingerprint density at radius 1 is 1.11 bits per heavy atom. The van der Waals surface area contributed by atoms with Gasteiger partial charge >= 0.3 is 0 Å². The van der Waals surface area contributed by atoms with E-state index in [-0.39, 0.29) is 11.6 Å². The minimum Gasteiger partial charge on any atom is -0.495 e. The summed E-state index contributed by atoms with van der Waals surface area (Å²) in [5, 5.41) is 6.65. The number of methoxy groups -OCH3 is 1. The van der Waals surface area contributed by atoms with Crippen LogP contribution in [0.15, 0.2) is 48.5 Å². The van der Waals surface area contributed by atoms with Crippen molar-refractivity contribution in [1.29, 1.82) is 0 Å². The number of anilines is 2. The molecule has 28 heavy (non-hydrogen) atoms. The maximum atomic E-state index is 12.6. The van der Waals surface area contributed by atoms with Gasteiger partial charge in [0.2, 0.25) is 0 Å². The number of ether oxygens (including phenoxy) is 1. The first-order chi connectivity index (χ1) is 13.5. The second-order valence-corrected chi connectivity index (χ2v) is 6.70. The van der Waals surface area contributed by atoms with Crippen LogP contribution in [0.4, 0.5) is 11.5 Å². The fraction of sp³-hybridized carbons (Fsp3) is 0.190. The standard InChI is InChI=1S/C21H21ClN4O2/c1-13-8-9-19(28-3)17(10-13)26-20-11-18(24-14(2)25-20)21(27)23-12-15-6-4-5-7-16(15)22/h4-11H,12H2,1-3H3,(H,23,27)(H,24,25,26). The Morgan fingerprint density at radius 3 is 2.64 bits per heavy atom. The number of aryl methyl sites for hydroxylation is 2. The van der Waals surface area contributed by atoms with Crippen molar-refractivity contribution < 1.29 is 9.53 Å². The van der Waals surface area contributed by atoms with Crippen molar-refractivity contribution in [3.05, 3.63) is 76.2 Å². The van der Waals surface area contributed by atoms with Crippen LogP contribution in [0, 0.1) is 13.8 Å². The van der Waals surface area contributed by atoms with Gasteiger partial charge in [-0.2, -0.15) is 0 Å². The van der Waals surface area contributed by atoms with Gasteiger partial charge in [0.05, 0.1) is 12.8 Å². The molecule has 0 fully saturated rings. The largest absolute Gasteiger partial charge is 0.495 e. The van der Waals surface area contributed by atoms with E-state index in [2.05, 4.69) is 20.6 Å². The number of hydrogen-bond acceptors (Lipinski definition) is 5. The Labute approximate surface area is 168 Å². The van der Waals surface area contributed by atoms with Gasteiger partial charge in [-0.1, -0.05) is 35.9 Å². The monoisotopic (exact) mass is 396 g/mol. The smallest absolute Gasteiger partial charge is 0.270 e. The highest BCUT2D eigenvalue weighted by atomic mass is 35.5. The van der Waals surface area contributed by atoms with E-state index in [1.165, 1.54) is 0 Å². The maximum absolute atomic E-state index is 12.6. The third-order valence-corrected chi connectivity index (χ3v) is 4.45.